The van der Waals surface area contributed by atoms with Gasteiger partial charge in [-0.1, -0.05) is 25.5 Å². The van der Waals surface area contributed by atoms with Gasteiger partial charge in [0.2, 0.25) is 0 Å². The van der Waals surface area contributed by atoms with Gasteiger partial charge in [0, 0.05) is 12.5 Å². The van der Waals surface area contributed by atoms with E-state index < -0.39 is 6.10 Å². The fourth-order valence-electron chi connectivity index (χ4n) is 2.31. The zero-order valence-electron chi connectivity index (χ0n) is 11.7. The molecule has 0 amide bonds. The van der Waals surface area contributed by atoms with Crippen LogP contribution in [0, 0.1) is 5.92 Å². The van der Waals surface area contributed by atoms with Gasteiger partial charge in [0.15, 0.2) is 0 Å². The Morgan fingerprint density at radius 3 is 2.79 bits per heavy atom. The number of rotatable bonds is 7. The summed E-state index contributed by atoms with van der Waals surface area (Å²) in [5, 5.41) is 9.98. The highest BCUT2D eigenvalue weighted by Gasteiger charge is 2.24. The maximum atomic E-state index is 9.98. The molecular formula is C16H24O3. The third kappa shape index (κ3) is 4.51. The lowest BCUT2D eigenvalue weighted by Crippen LogP contribution is -2.27. The summed E-state index contributed by atoms with van der Waals surface area (Å²) < 4.78 is 10.9. The molecule has 3 nitrogen and oxygen atoms in total. The number of unbranched alkanes of at least 4 members (excludes halogenated alkanes) is 1. The second-order valence-corrected chi connectivity index (χ2v) is 5.25. The molecule has 0 spiro atoms. The van der Waals surface area contributed by atoms with Crippen molar-refractivity contribution in [1.29, 1.82) is 0 Å². The third-order valence-electron chi connectivity index (χ3n) is 3.67. The molecule has 0 aliphatic carbocycles. The monoisotopic (exact) mass is 264 g/mol. The molecule has 1 saturated heterocycles. The van der Waals surface area contributed by atoms with Gasteiger partial charge in [-0.2, -0.15) is 0 Å². The van der Waals surface area contributed by atoms with Crippen LogP contribution in [0.2, 0.25) is 0 Å². The van der Waals surface area contributed by atoms with Gasteiger partial charge < -0.3 is 14.6 Å². The van der Waals surface area contributed by atoms with Gasteiger partial charge in [-0.3, -0.25) is 0 Å². The van der Waals surface area contributed by atoms with Crippen LogP contribution in [0.1, 0.15) is 31.7 Å². The van der Waals surface area contributed by atoms with Crippen molar-refractivity contribution in [1.82, 2.24) is 0 Å². The Bertz CT molecular complexity index is 355. The molecule has 106 valence electrons. The minimum Gasteiger partial charge on any atom is -0.491 e. The summed E-state index contributed by atoms with van der Waals surface area (Å²) in [6.45, 7) is 3.96. The largest absolute Gasteiger partial charge is 0.491 e. The molecule has 2 unspecified atom stereocenters. The van der Waals surface area contributed by atoms with Crippen LogP contribution in [0.25, 0.3) is 0 Å². The minimum absolute atomic E-state index is 0.226. The first-order chi connectivity index (χ1) is 9.29. The van der Waals surface area contributed by atoms with E-state index in [4.69, 9.17) is 9.47 Å². The van der Waals surface area contributed by atoms with Crippen molar-refractivity contribution >= 4 is 0 Å². The van der Waals surface area contributed by atoms with Gasteiger partial charge >= 0.3 is 0 Å². The molecule has 1 aromatic carbocycles. The highest BCUT2D eigenvalue weighted by Crippen LogP contribution is 2.19. The molecule has 1 fully saturated rings. The van der Waals surface area contributed by atoms with Crippen molar-refractivity contribution in [3.63, 3.8) is 0 Å². The Morgan fingerprint density at radius 1 is 1.37 bits per heavy atom. The predicted molar refractivity (Wildman–Crippen MR) is 75.5 cm³/mol. The summed E-state index contributed by atoms with van der Waals surface area (Å²) in [7, 11) is 0. The van der Waals surface area contributed by atoms with Crippen LogP contribution in [0.5, 0.6) is 5.75 Å². The van der Waals surface area contributed by atoms with Crippen molar-refractivity contribution in [2.45, 2.75) is 38.7 Å². The molecular weight excluding hydrogens is 240 g/mol. The minimum atomic E-state index is -0.428. The van der Waals surface area contributed by atoms with Crippen LogP contribution in [-0.2, 0) is 11.2 Å². The van der Waals surface area contributed by atoms with Crippen LogP contribution >= 0.6 is 0 Å². The Labute approximate surface area is 115 Å². The average Bonchev–Trinajstić information content (AvgIpc) is 2.98. The summed E-state index contributed by atoms with van der Waals surface area (Å²) in [5.74, 6) is 1.06. The van der Waals surface area contributed by atoms with Gasteiger partial charge in [0.05, 0.1) is 12.7 Å². The Kier molecular flexibility index (Phi) is 5.67. The van der Waals surface area contributed by atoms with E-state index in [1.807, 2.05) is 12.1 Å². The van der Waals surface area contributed by atoms with Crippen molar-refractivity contribution in [3.05, 3.63) is 29.8 Å². The van der Waals surface area contributed by atoms with Crippen molar-refractivity contribution in [3.8, 4) is 5.75 Å². The highest BCUT2D eigenvalue weighted by molar-refractivity contribution is 5.27. The third-order valence-corrected chi connectivity index (χ3v) is 3.67. The Morgan fingerprint density at radius 2 is 2.16 bits per heavy atom. The van der Waals surface area contributed by atoms with Gasteiger partial charge in [-0.15, -0.1) is 0 Å². The number of aryl methyl sites for hydroxylation is 1. The van der Waals surface area contributed by atoms with E-state index in [2.05, 4.69) is 19.1 Å². The molecule has 0 aromatic heterocycles. The Balaban J connectivity index is 1.75. The number of hydrogen-bond acceptors (Lipinski definition) is 3. The van der Waals surface area contributed by atoms with Gasteiger partial charge in [0.25, 0.3) is 0 Å². The molecule has 1 aromatic rings. The quantitative estimate of drug-likeness (QED) is 0.823. The van der Waals surface area contributed by atoms with E-state index in [-0.39, 0.29) is 5.92 Å². The molecule has 0 bridgehead atoms. The second kappa shape index (κ2) is 7.51. The first kappa shape index (κ1) is 14.4. The second-order valence-electron chi connectivity index (χ2n) is 5.25. The number of aliphatic hydroxyl groups is 1. The van der Waals surface area contributed by atoms with Crippen molar-refractivity contribution in [2.75, 3.05) is 19.8 Å². The first-order valence-corrected chi connectivity index (χ1v) is 7.27. The summed E-state index contributed by atoms with van der Waals surface area (Å²) >= 11 is 0. The van der Waals surface area contributed by atoms with Gasteiger partial charge in [-0.25, -0.2) is 0 Å². The molecule has 3 heteroatoms. The fourth-order valence-corrected chi connectivity index (χ4v) is 2.31. The number of benzene rings is 1. The summed E-state index contributed by atoms with van der Waals surface area (Å²) in [6, 6.07) is 8.19. The highest BCUT2D eigenvalue weighted by atomic mass is 16.5. The first-order valence-electron chi connectivity index (χ1n) is 7.27. The lowest BCUT2D eigenvalue weighted by atomic mass is 10.0. The van der Waals surface area contributed by atoms with Crippen molar-refractivity contribution < 1.29 is 14.6 Å². The van der Waals surface area contributed by atoms with E-state index in [0.29, 0.717) is 13.2 Å². The smallest absolute Gasteiger partial charge is 0.119 e. The standard InChI is InChI=1S/C16H24O3/c1-2-3-4-13-5-7-15(8-6-13)19-12-16(17)14-9-10-18-11-14/h5-8,14,16-17H,2-4,9-12H2,1H3. The van der Waals surface area contributed by atoms with Crippen LogP contribution in [0.3, 0.4) is 0 Å². The zero-order chi connectivity index (χ0) is 13.5. The van der Waals surface area contributed by atoms with Crippen LogP contribution < -0.4 is 4.74 Å². The van der Waals surface area contributed by atoms with E-state index in [0.717, 1.165) is 25.2 Å². The van der Waals surface area contributed by atoms with Crippen LogP contribution in [0.15, 0.2) is 24.3 Å². The fraction of sp³-hybridized carbons (Fsp3) is 0.625. The summed E-state index contributed by atoms with van der Waals surface area (Å²) in [5.41, 5.74) is 1.35. The lowest BCUT2D eigenvalue weighted by molar-refractivity contribution is 0.0499. The molecule has 1 heterocycles. The molecule has 2 atom stereocenters. The van der Waals surface area contributed by atoms with E-state index >= 15 is 0 Å². The summed E-state index contributed by atoms with van der Waals surface area (Å²) in [6.07, 6.45) is 4.07. The lowest BCUT2D eigenvalue weighted by Gasteiger charge is -2.17. The molecule has 2 rings (SSSR count). The van der Waals surface area contributed by atoms with Gasteiger partial charge in [-0.05, 0) is 37.0 Å². The van der Waals surface area contributed by atoms with E-state index in [1.165, 1.54) is 18.4 Å². The normalized spacial score (nSPS) is 20.4. The predicted octanol–water partition coefficient (Wildman–Crippen LogP) is 2.81. The summed E-state index contributed by atoms with van der Waals surface area (Å²) in [4.78, 5) is 0. The van der Waals surface area contributed by atoms with Crippen molar-refractivity contribution in [2.24, 2.45) is 5.92 Å². The number of ether oxygens (including phenoxy) is 2. The molecule has 0 radical (unpaired) electrons. The molecule has 1 N–H and O–H groups in total. The van der Waals surface area contributed by atoms with E-state index in [9.17, 15) is 5.11 Å². The number of aliphatic hydroxyl groups excluding tert-OH is 1. The van der Waals surface area contributed by atoms with Crippen LogP contribution in [0.4, 0.5) is 0 Å². The average molecular weight is 264 g/mol. The Hall–Kier alpha value is -1.06. The maximum Gasteiger partial charge on any atom is 0.119 e. The van der Waals surface area contributed by atoms with Gasteiger partial charge in [0.1, 0.15) is 12.4 Å². The molecule has 0 saturated carbocycles. The number of hydrogen-bond donors (Lipinski definition) is 1. The molecule has 1 aliphatic rings. The zero-order valence-corrected chi connectivity index (χ0v) is 11.7. The maximum absolute atomic E-state index is 9.98. The topological polar surface area (TPSA) is 38.7 Å². The molecule has 1 aliphatic heterocycles. The van der Waals surface area contributed by atoms with E-state index in [1.54, 1.807) is 0 Å². The SMILES string of the molecule is CCCCc1ccc(OCC(O)C2CCOC2)cc1. The molecule has 19 heavy (non-hydrogen) atoms. The van der Waals surface area contributed by atoms with Crippen LogP contribution in [-0.4, -0.2) is 31.0 Å².